The number of nitrogens with zero attached hydrogens (tertiary/aromatic N) is 1. The normalized spacial score (nSPS) is 37.8. The zero-order valence-electron chi connectivity index (χ0n) is 13.9. The molecule has 1 aromatic rings. The molecule has 128 valence electrons. The SMILES string of the molecule is CC1CC(C)CC2(C1)CC1(N=C(N)NC1=O)c1cc(F)ccc1O2. The van der Waals surface area contributed by atoms with E-state index >= 15 is 0 Å². The fourth-order valence-corrected chi connectivity index (χ4v) is 4.99. The van der Waals surface area contributed by atoms with Crippen LogP contribution in [0.2, 0.25) is 0 Å². The zero-order valence-corrected chi connectivity index (χ0v) is 13.9. The minimum atomic E-state index is -1.18. The first-order valence-electron chi connectivity index (χ1n) is 8.48. The number of hydrogen-bond acceptors (Lipinski definition) is 4. The second kappa shape index (κ2) is 4.94. The number of fused-ring (bicyclic) bond motifs is 2. The Morgan fingerprint density at radius 1 is 1.33 bits per heavy atom. The van der Waals surface area contributed by atoms with Gasteiger partial charge in [-0.15, -0.1) is 0 Å². The van der Waals surface area contributed by atoms with Crippen LogP contribution in [-0.4, -0.2) is 17.5 Å². The molecule has 1 aromatic carbocycles. The third kappa shape index (κ3) is 2.19. The van der Waals surface area contributed by atoms with Gasteiger partial charge in [-0.3, -0.25) is 10.1 Å². The molecule has 0 saturated heterocycles. The zero-order chi connectivity index (χ0) is 17.1. The molecule has 6 heteroatoms. The molecule has 2 aliphatic heterocycles. The fourth-order valence-electron chi connectivity index (χ4n) is 4.99. The lowest BCUT2D eigenvalue weighted by Crippen LogP contribution is -2.54. The van der Waals surface area contributed by atoms with Crippen LogP contribution in [-0.2, 0) is 10.3 Å². The van der Waals surface area contributed by atoms with Crippen LogP contribution in [0.3, 0.4) is 0 Å². The van der Waals surface area contributed by atoms with E-state index in [1.165, 1.54) is 12.1 Å². The molecule has 3 unspecified atom stereocenters. The molecule has 4 rings (SSSR count). The number of carbonyl (C=O) groups is 1. The lowest BCUT2D eigenvalue weighted by molar-refractivity contribution is -0.129. The van der Waals surface area contributed by atoms with Crippen molar-refractivity contribution in [1.29, 1.82) is 0 Å². The summed E-state index contributed by atoms with van der Waals surface area (Å²) in [6.45, 7) is 4.42. The maximum absolute atomic E-state index is 13.8. The summed E-state index contributed by atoms with van der Waals surface area (Å²) < 4.78 is 20.2. The number of halogens is 1. The molecule has 1 saturated carbocycles. The lowest BCUT2D eigenvalue weighted by Gasteiger charge is -2.49. The number of nitrogens with one attached hydrogen (secondary N) is 1. The predicted octanol–water partition coefficient (Wildman–Crippen LogP) is 2.44. The number of carbonyl (C=O) groups excluding carboxylic acids is 1. The Labute approximate surface area is 140 Å². The van der Waals surface area contributed by atoms with Gasteiger partial charge in [-0.05, 0) is 49.3 Å². The summed E-state index contributed by atoms with van der Waals surface area (Å²) in [4.78, 5) is 17.2. The van der Waals surface area contributed by atoms with Crippen molar-refractivity contribution in [2.24, 2.45) is 22.6 Å². The maximum Gasteiger partial charge on any atom is 0.259 e. The average Bonchev–Trinajstić information content (AvgIpc) is 2.73. The Bertz CT molecular complexity index is 738. The van der Waals surface area contributed by atoms with E-state index in [1.54, 1.807) is 6.07 Å². The summed E-state index contributed by atoms with van der Waals surface area (Å²) in [5, 5.41) is 2.59. The smallest absolute Gasteiger partial charge is 0.259 e. The van der Waals surface area contributed by atoms with Gasteiger partial charge >= 0.3 is 0 Å². The van der Waals surface area contributed by atoms with Crippen LogP contribution in [0.25, 0.3) is 0 Å². The van der Waals surface area contributed by atoms with Crippen molar-refractivity contribution in [2.45, 2.75) is 50.7 Å². The molecule has 1 aliphatic carbocycles. The summed E-state index contributed by atoms with van der Waals surface area (Å²) in [6.07, 6.45) is 3.26. The minimum absolute atomic E-state index is 0.0872. The predicted molar refractivity (Wildman–Crippen MR) is 88.0 cm³/mol. The molecule has 24 heavy (non-hydrogen) atoms. The highest BCUT2D eigenvalue weighted by atomic mass is 19.1. The molecule has 3 atom stereocenters. The first-order valence-corrected chi connectivity index (χ1v) is 8.48. The maximum atomic E-state index is 13.8. The van der Waals surface area contributed by atoms with E-state index in [1.807, 2.05) is 0 Å². The molecule has 0 aromatic heterocycles. The number of rotatable bonds is 0. The van der Waals surface area contributed by atoms with E-state index in [2.05, 4.69) is 24.2 Å². The molecule has 0 radical (unpaired) electrons. The monoisotopic (exact) mass is 331 g/mol. The van der Waals surface area contributed by atoms with E-state index in [9.17, 15) is 9.18 Å². The van der Waals surface area contributed by atoms with Crippen molar-refractivity contribution in [3.8, 4) is 5.75 Å². The minimum Gasteiger partial charge on any atom is -0.487 e. The molecular formula is C18H22FN3O2. The van der Waals surface area contributed by atoms with Crippen molar-refractivity contribution in [3.05, 3.63) is 29.6 Å². The van der Waals surface area contributed by atoms with Gasteiger partial charge in [0.25, 0.3) is 5.91 Å². The number of aliphatic imine (C=N–C) groups is 1. The second-order valence-corrected chi connectivity index (χ2v) is 7.77. The van der Waals surface area contributed by atoms with E-state index in [0.29, 0.717) is 29.6 Å². The Kier molecular flexibility index (Phi) is 3.18. The van der Waals surface area contributed by atoms with Crippen LogP contribution in [0.4, 0.5) is 4.39 Å². The molecule has 3 aliphatic rings. The van der Waals surface area contributed by atoms with Crippen molar-refractivity contribution >= 4 is 11.9 Å². The standard InChI is InChI=1S/C18H22FN3O2/c1-10-5-11(2)8-17(7-10)9-18(15(23)21-16(20)22-18)13-6-12(19)3-4-14(13)24-17/h3-4,6,10-11H,5,7-9H2,1-2H3,(H3,20,21,22,23). The number of guanidine groups is 1. The fraction of sp³-hybridized carbons (Fsp3) is 0.556. The number of benzene rings is 1. The Morgan fingerprint density at radius 3 is 2.67 bits per heavy atom. The van der Waals surface area contributed by atoms with Crippen molar-refractivity contribution in [3.63, 3.8) is 0 Å². The third-order valence-corrected chi connectivity index (χ3v) is 5.47. The summed E-state index contributed by atoms with van der Waals surface area (Å²) in [7, 11) is 0. The number of nitrogens with two attached hydrogens (primary N) is 1. The van der Waals surface area contributed by atoms with Gasteiger partial charge in [-0.2, -0.15) is 0 Å². The third-order valence-electron chi connectivity index (χ3n) is 5.47. The van der Waals surface area contributed by atoms with Gasteiger partial charge in [-0.1, -0.05) is 13.8 Å². The number of ether oxygens (including phenoxy) is 1. The number of hydrogen-bond donors (Lipinski definition) is 2. The number of amides is 1. The summed E-state index contributed by atoms with van der Waals surface area (Å²) in [6, 6.07) is 4.31. The largest absolute Gasteiger partial charge is 0.487 e. The van der Waals surface area contributed by atoms with Crippen molar-refractivity contribution in [2.75, 3.05) is 0 Å². The summed E-state index contributed by atoms with van der Waals surface area (Å²) >= 11 is 0. The molecule has 2 spiro atoms. The molecule has 1 fully saturated rings. The highest BCUT2D eigenvalue weighted by Crippen LogP contribution is 2.53. The van der Waals surface area contributed by atoms with Gasteiger partial charge in [0.05, 0.1) is 0 Å². The molecule has 3 N–H and O–H groups in total. The van der Waals surface area contributed by atoms with Crippen molar-refractivity contribution in [1.82, 2.24) is 5.32 Å². The van der Waals surface area contributed by atoms with Crippen LogP contribution in [0.5, 0.6) is 5.75 Å². The Hall–Kier alpha value is -2.11. The summed E-state index contributed by atoms with van der Waals surface area (Å²) in [5.74, 6) is 0.922. The van der Waals surface area contributed by atoms with Crippen LogP contribution in [0.15, 0.2) is 23.2 Å². The quantitative estimate of drug-likeness (QED) is 0.766. The van der Waals surface area contributed by atoms with E-state index in [-0.39, 0.29) is 11.9 Å². The lowest BCUT2D eigenvalue weighted by atomic mass is 9.66. The van der Waals surface area contributed by atoms with Crippen LogP contribution in [0.1, 0.15) is 45.1 Å². The first kappa shape index (κ1) is 15.4. The van der Waals surface area contributed by atoms with E-state index < -0.39 is 17.0 Å². The van der Waals surface area contributed by atoms with Crippen molar-refractivity contribution < 1.29 is 13.9 Å². The molecule has 5 nitrogen and oxygen atoms in total. The van der Waals surface area contributed by atoms with Gasteiger partial charge in [0.2, 0.25) is 0 Å². The Morgan fingerprint density at radius 2 is 2.04 bits per heavy atom. The van der Waals surface area contributed by atoms with Crippen LogP contribution < -0.4 is 15.8 Å². The van der Waals surface area contributed by atoms with E-state index in [4.69, 9.17) is 10.5 Å². The highest BCUT2D eigenvalue weighted by molar-refractivity contribution is 6.07. The molecular weight excluding hydrogens is 309 g/mol. The van der Waals surface area contributed by atoms with Crippen LogP contribution >= 0.6 is 0 Å². The Balaban J connectivity index is 1.88. The average molecular weight is 331 g/mol. The summed E-state index contributed by atoms with van der Waals surface area (Å²) in [5.41, 5.74) is 4.60. The van der Waals surface area contributed by atoms with E-state index in [0.717, 1.165) is 19.3 Å². The molecule has 2 heterocycles. The van der Waals surface area contributed by atoms with Gasteiger partial charge < -0.3 is 10.5 Å². The molecule has 1 amide bonds. The van der Waals surface area contributed by atoms with Gasteiger partial charge in [-0.25, -0.2) is 9.38 Å². The van der Waals surface area contributed by atoms with Gasteiger partial charge in [0, 0.05) is 12.0 Å². The van der Waals surface area contributed by atoms with Crippen LogP contribution in [0, 0.1) is 17.7 Å². The van der Waals surface area contributed by atoms with Gasteiger partial charge in [0.15, 0.2) is 11.5 Å². The first-order chi connectivity index (χ1) is 11.3. The highest BCUT2D eigenvalue weighted by Gasteiger charge is 2.57. The topological polar surface area (TPSA) is 76.7 Å². The second-order valence-electron chi connectivity index (χ2n) is 7.77. The van der Waals surface area contributed by atoms with Gasteiger partial charge in [0.1, 0.15) is 17.2 Å². The molecule has 0 bridgehead atoms.